The monoisotopic (exact) mass is 828 g/mol. The van der Waals surface area contributed by atoms with Gasteiger partial charge in [-0.15, -0.1) is 0 Å². The first-order valence-electron chi connectivity index (χ1n) is 17.6. The molecule has 17 N–H and O–H groups in total. The zero-order chi connectivity index (χ0) is 41.3. The van der Waals surface area contributed by atoms with E-state index in [-0.39, 0.29) is 0 Å². The number of ether oxygens (including phenoxy) is 9. The highest BCUT2D eigenvalue weighted by Crippen LogP contribution is 2.35. The Hall–Kier alpha value is -1.04. The molecule has 25 atom stereocenters. The van der Waals surface area contributed by atoms with Gasteiger partial charge in [0.1, 0.15) is 122 Å². The lowest BCUT2D eigenvalue weighted by atomic mass is 9.95. The number of aliphatic hydroxyl groups excluding tert-OH is 17. The van der Waals surface area contributed by atoms with Crippen LogP contribution in [-0.4, -0.2) is 273 Å². The summed E-state index contributed by atoms with van der Waals surface area (Å²) in [4.78, 5) is 0. The first-order chi connectivity index (χ1) is 26.5. The molecule has 0 aromatic rings. The third-order valence-corrected chi connectivity index (χ3v) is 10.3. The molecule has 0 aliphatic carbocycles. The van der Waals surface area contributed by atoms with Crippen LogP contribution in [0.15, 0.2) is 0 Å². The SMILES string of the molecule is OC[C@H]1O[C@@H](OC2[C@@H](CO)O[C@H](OC3[C@@H](CO)O[C@@H](OC4[C@@H](CO)O[C@H](O)[C@H](O)[C@H]4O)[C@H](O)[C@H]3O)[C@H](O)[C@H]2O)[C@H](O)[C@@H](O)C1O[C@H]1O[C@H](CO)[C@@H](O)[C@H](O)[C@H]1O. The van der Waals surface area contributed by atoms with E-state index in [1.54, 1.807) is 0 Å². The summed E-state index contributed by atoms with van der Waals surface area (Å²) in [5.74, 6) is 0. The average molecular weight is 829 g/mol. The molecule has 0 spiro atoms. The van der Waals surface area contributed by atoms with Crippen molar-refractivity contribution in [1.82, 2.24) is 0 Å². The summed E-state index contributed by atoms with van der Waals surface area (Å²) in [5.41, 5.74) is 0. The van der Waals surface area contributed by atoms with E-state index in [9.17, 15) is 86.8 Å². The third kappa shape index (κ3) is 9.16. The lowest BCUT2D eigenvalue weighted by molar-refractivity contribution is -0.392. The van der Waals surface area contributed by atoms with Crippen molar-refractivity contribution >= 4 is 0 Å². The van der Waals surface area contributed by atoms with E-state index < -0.39 is 187 Å². The summed E-state index contributed by atoms with van der Waals surface area (Å²) in [6.45, 7) is -4.51. The van der Waals surface area contributed by atoms with Crippen LogP contribution >= 0.6 is 0 Å². The number of hydrogen-bond acceptors (Lipinski definition) is 26. The molecular weight excluding hydrogens is 776 g/mol. The summed E-state index contributed by atoms with van der Waals surface area (Å²) in [6, 6.07) is 0. The maximum Gasteiger partial charge on any atom is 0.187 e. The molecule has 0 saturated carbocycles. The lowest BCUT2D eigenvalue weighted by Gasteiger charge is -2.49. The van der Waals surface area contributed by atoms with Crippen molar-refractivity contribution in [2.75, 3.05) is 33.0 Å². The molecule has 5 aliphatic rings. The maximum absolute atomic E-state index is 11.1. The smallest absolute Gasteiger partial charge is 0.187 e. The molecule has 5 rings (SSSR count). The quantitative estimate of drug-likeness (QED) is 0.0819. The van der Waals surface area contributed by atoms with E-state index in [0.29, 0.717) is 0 Å². The molecule has 5 aliphatic heterocycles. The van der Waals surface area contributed by atoms with Crippen molar-refractivity contribution in [3.05, 3.63) is 0 Å². The Morgan fingerprint density at radius 2 is 0.518 bits per heavy atom. The number of aliphatic hydroxyl groups is 17. The summed E-state index contributed by atoms with van der Waals surface area (Å²) >= 11 is 0. The van der Waals surface area contributed by atoms with Gasteiger partial charge in [0.2, 0.25) is 0 Å². The molecule has 4 unspecified atom stereocenters. The Kier molecular flexibility index (Phi) is 16.1. The van der Waals surface area contributed by atoms with Crippen molar-refractivity contribution in [3.8, 4) is 0 Å². The fourth-order valence-corrected chi connectivity index (χ4v) is 7.03. The van der Waals surface area contributed by atoms with E-state index in [4.69, 9.17) is 42.6 Å². The minimum Gasteiger partial charge on any atom is -0.394 e. The summed E-state index contributed by atoms with van der Waals surface area (Å²) in [6.07, 6.45) is -45.8. The molecule has 26 heteroatoms. The van der Waals surface area contributed by atoms with Gasteiger partial charge in [0.25, 0.3) is 0 Å². The largest absolute Gasteiger partial charge is 0.394 e. The van der Waals surface area contributed by atoms with Crippen LogP contribution in [0.25, 0.3) is 0 Å². The highest BCUT2D eigenvalue weighted by atomic mass is 16.8. The Labute approximate surface area is 316 Å². The van der Waals surface area contributed by atoms with Crippen LogP contribution in [-0.2, 0) is 42.6 Å². The van der Waals surface area contributed by atoms with Crippen molar-refractivity contribution in [3.63, 3.8) is 0 Å². The van der Waals surface area contributed by atoms with Gasteiger partial charge in [0.05, 0.1) is 33.0 Å². The fourth-order valence-electron chi connectivity index (χ4n) is 7.03. The molecule has 0 bridgehead atoms. The second kappa shape index (κ2) is 19.6. The second-order valence-electron chi connectivity index (χ2n) is 13.9. The minimum atomic E-state index is -2.12. The highest BCUT2D eigenvalue weighted by molar-refractivity contribution is 4.99. The van der Waals surface area contributed by atoms with Gasteiger partial charge in [-0.2, -0.15) is 0 Å². The van der Waals surface area contributed by atoms with E-state index in [1.807, 2.05) is 0 Å². The van der Waals surface area contributed by atoms with Crippen LogP contribution in [0.4, 0.5) is 0 Å². The maximum atomic E-state index is 11.1. The molecule has 56 heavy (non-hydrogen) atoms. The second-order valence-corrected chi connectivity index (χ2v) is 13.9. The van der Waals surface area contributed by atoms with E-state index in [2.05, 4.69) is 0 Å². The molecule has 0 amide bonds. The molecular formula is C30H52O26. The number of rotatable bonds is 13. The molecule has 0 radical (unpaired) electrons. The van der Waals surface area contributed by atoms with Crippen LogP contribution in [0.2, 0.25) is 0 Å². The molecule has 5 fully saturated rings. The van der Waals surface area contributed by atoms with Crippen molar-refractivity contribution in [2.45, 2.75) is 154 Å². The zero-order valence-electron chi connectivity index (χ0n) is 29.2. The minimum absolute atomic E-state index is 0.811. The summed E-state index contributed by atoms with van der Waals surface area (Å²) < 4.78 is 49.1. The fraction of sp³-hybridized carbons (Fsp3) is 1.00. The molecule has 5 heterocycles. The van der Waals surface area contributed by atoms with Gasteiger partial charge in [0.15, 0.2) is 31.5 Å². The molecule has 26 nitrogen and oxygen atoms in total. The van der Waals surface area contributed by atoms with Crippen LogP contribution in [0.1, 0.15) is 0 Å². The van der Waals surface area contributed by atoms with Gasteiger partial charge in [-0.25, -0.2) is 0 Å². The Morgan fingerprint density at radius 1 is 0.268 bits per heavy atom. The highest BCUT2D eigenvalue weighted by Gasteiger charge is 2.56. The number of hydrogen-bond donors (Lipinski definition) is 17. The predicted octanol–water partition coefficient (Wildman–Crippen LogP) is -11.9. The van der Waals surface area contributed by atoms with Gasteiger partial charge in [-0.3, -0.25) is 0 Å². The van der Waals surface area contributed by atoms with Gasteiger partial charge >= 0.3 is 0 Å². The topological polar surface area (TPSA) is 427 Å². The standard InChI is InChI=1S/C30H52O26/c31-1-6-11(36)12(37)18(43)27(49-6)54-23-8(3-33)51-29(20(45)14(23)39)56-25-10(5-35)52-30(21(46)16(25)41)55-24-9(4-34)50-28(19(44)15(24)40)53-22-7(2-32)48-26(47)17(42)13(22)38/h6-47H,1-5H2/t6-,7-,8-,9-,10-,11-,12+,13-,14-,15-,16-,17-,18-,19-,20-,21-,22?,23?,24?,25?,26+,27-,28+,29+,30-/m1/s1. The summed E-state index contributed by atoms with van der Waals surface area (Å²) in [7, 11) is 0. The van der Waals surface area contributed by atoms with Gasteiger partial charge in [0, 0.05) is 0 Å². The van der Waals surface area contributed by atoms with Gasteiger partial charge in [-0.05, 0) is 0 Å². The van der Waals surface area contributed by atoms with Crippen LogP contribution in [0, 0.1) is 0 Å². The van der Waals surface area contributed by atoms with E-state index >= 15 is 0 Å². The molecule has 328 valence electrons. The molecule has 0 aromatic heterocycles. The third-order valence-electron chi connectivity index (χ3n) is 10.3. The van der Waals surface area contributed by atoms with Gasteiger partial charge < -0.3 is 129 Å². The summed E-state index contributed by atoms with van der Waals surface area (Å²) in [5, 5.41) is 176. The van der Waals surface area contributed by atoms with Crippen molar-refractivity contribution in [2.24, 2.45) is 0 Å². The Bertz CT molecular complexity index is 1200. The molecule has 5 saturated heterocycles. The Morgan fingerprint density at radius 3 is 0.821 bits per heavy atom. The molecule has 0 aromatic carbocycles. The van der Waals surface area contributed by atoms with Crippen LogP contribution in [0.3, 0.4) is 0 Å². The Balaban J connectivity index is 1.22. The van der Waals surface area contributed by atoms with Crippen LogP contribution < -0.4 is 0 Å². The normalized spacial score (nSPS) is 53.2. The van der Waals surface area contributed by atoms with Gasteiger partial charge in [-0.1, -0.05) is 0 Å². The first kappa shape index (κ1) is 46.0. The van der Waals surface area contributed by atoms with E-state index in [0.717, 1.165) is 0 Å². The lowest BCUT2D eigenvalue weighted by Crippen LogP contribution is -2.68. The van der Waals surface area contributed by atoms with Crippen molar-refractivity contribution in [1.29, 1.82) is 0 Å². The zero-order valence-corrected chi connectivity index (χ0v) is 29.2. The first-order valence-corrected chi connectivity index (χ1v) is 17.6. The predicted molar refractivity (Wildman–Crippen MR) is 167 cm³/mol. The van der Waals surface area contributed by atoms with Crippen LogP contribution in [0.5, 0.6) is 0 Å². The van der Waals surface area contributed by atoms with E-state index in [1.165, 1.54) is 0 Å². The van der Waals surface area contributed by atoms with Crippen molar-refractivity contribution < 1.29 is 129 Å². The average Bonchev–Trinajstić information content (AvgIpc) is 3.19.